The lowest BCUT2D eigenvalue weighted by atomic mass is 9.92. The van der Waals surface area contributed by atoms with Crippen LogP contribution in [0.3, 0.4) is 0 Å². The number of rotatable bonds is 7. The third-order valence-electron chi connectivity index (χ3n) is 4.46. The molecule has 1 saturated heterocycles. The predicted molar refractivity (Wildman–Crippen MR) is 98.1 cm³/mol. The molecular weight excluding hydrogens is 318 g/mol. The highest BCUT2D eigenvalue weighted by atomic mass is 16.6. The molecule has 0 aliphatic carbocycles. The fraction of sp³-hybridized carbons (Fsp3) is 0.550. The molecule has 0 amide bonds. The number of benzene rings is 1. The molecule has 1 aromatic carbocycles. The Bertz CT molecular complexity index is 570. The molecular formula is C20H29NO4. The van der Waals surface area contributed by atoms with Crippen molar-refractivity contribution in [3.8, 4) is 0 Å². The number of carbonyl (C=O) groups excluding carboxylic acids is 1. The van der Waals surface area contributed by atoms with E-state index in [4.69, 9.17) is 19.9 Å². The maximum absolute atomic E-state index is 11.7. The van der Waals surface area contributed by atoms with Crippen molar-refractivity contribution in [2.75, 3.05) is 20.3 Å². The van der Waals surface area contributed by atoms with Crippen LogP contribution in [-0.4, -0.2) is 44.5 Å². The Kier molecular flexibility index (Phi) is 7.62. The Hall–Kier alpha value is -1.69. The monoisotopic (exact) mass is 347 g/mol. The summed E-state index contributed by atoms with van der Waals surface area (Å²) in [7, 11) is 1.63. The molecule has 0 aromatic heterocycles. The molecule has 0 radical (unpaired) electrons. The Labute approximate surface area is 150 Å². The maximum atomic E-state index is 11.7. The van der Waals surface area contributed by atoms with E-state index in [1.54, 1.807) is 7.11 Å². The minimum Gasteiger partial charge on any atom is -0.455 e. The van der Waals surface area contributed by atoms with E-state index in [0.29, 0.717) is 6.61 Å². The van der Waals surface area contributed by atoms with E-state index in [-0.39, 0.29) is 24.7 Å². The van der Waals surface area contributed by atoms with Gasteiger partial charge < -0.3 is 19.9 Å². The van der Waals surface area contributed by atoms with Gasteiger partial charge in [0.2, 0.25) is 0 Å². The summed E-state index contributed by atoms with van der Waals surface area (Å²) >= 11 is 0. The van der Waals surface area contributed by atoms with E-state index in [1.807, 2.05) is 19.1 Å². The lowest BCUT2D eigenvalue weighted by Crippen LogP contribution is -2.52. The van der Waals surface area contributed by atoms with Crippen LogP contribution in [0.2, 0.25) is 0 Å². The number of esters is 1. The normalized spacial score (nSPS) is 26.7. The third-order valence-corrected chi connectivity index (χ3v) is 4.46. The molecule has 138 valence electrons. The summed E-state index contributed by atoms with van der Waals surface area (Å²) in [6.07, 6.45) is 5.07. The first kappa shape index (κ1) is 19.6. The molecule has 0 spiro atoms. The highest BCUT2D eigenvalue weighted by Crippen LogP contribution is 2.26. The molecule has 1 aliphatic heterocycles. The second kappa shape index (κ2) is 9.70. The van der Waals surface area contributed by atoms with Crippen LogP contribution in [0.25, 0.3) is 6.08 Å². The summed E-state index contributed by atoms with van der Waals surface area (Å²) < 4.78 is 16.9. The predicted octanol–water partition coefficient (Wildman–Crippen LogP) is 2.57. The smallest absolute Gasteiger partial charge is 0.320 e. The van der Waals surface area contributed by atoms with Gasteiger partial charge in [0.15, 0.2) is 6.10 Å². The highest BCUT2D eigenvalue weighted by molar-refractivity contribution is 5.71. The molecule has 1 heterocycles. The first-order valence-electron chi connectivity index (χ1n) is 8.90. The van der Waals surface area contributed by atoms with E-state index >= 15 is 0 Å². The van der Waals surface area contributed by atoms with Gasteiger partial charge in [-0.2, -0.15) is 0 Å². The number of aryl methyl sites for hydroxylation is 1. The second-order valence-corrected chi connectivity index (χ2v) is 6.48. The summed E-state index contributed by atoms with van der Waals surface area (Å²) in [5.74, 6) is -0.314. The van der Waals surface area contributed by atoms with Crippen molar-refractivity contribution >= 4 is 12.0 Å². The molecule has 0 unspecified atom stereocenters. The molecule has 2 rings (SSSR count). The average molecular weight is 347 g/mol. The average Bonchev–Trinajstić information content (AvgIpc) is 2.62. The van der Waals surface area contributed by atoms with Crippen LogP contribution >= 0.6 is 0 Å². The number of methoxy groups -OCH3 is 1. The fourth-order valence-electron chi connectivity index (χ4n) is 3.12. The van der Waals surface area contributed by atoms with E-state index in [2.05, 4.69) is 31.2 Å². The Morgan fingerprint density at radius 2 is 2.04 bits per heavy atom. The number of ether oxygens (including phenoxy) is 3. The summed E-state index contributed by atoms with van der Waals surface area (Å²) in [6, 6.07) is 8.44. The van der Waals surface area contributed by atoms with Crippen LogP contribution in [0.15, 0.2) is 30.3 Å². The number of hydrogen-bond donors (Lipinski definition) is 1. The maximum Gasteiger partial charge on any atom is 0.320 e. The fourth-order valence-corrected chi connectivity index (χ4v) is 3.12. The zero-order chi connectivity index (χ0) is 18.2. The summed E-state index contributed by atoms with van der Waals surface area (Å²) in [4.78, 5) is 11.7. The van der Waals surface area contributed by atoms with Gasteiger partial charge in [0.25, 0.3) is 0 Å². The molecule has 1 aromatic rings. The van der Waals surface area contributed by atoms with Gasteiger partial charge in [-0.3, -0.25) is 4.79 Å². The van der Waals surface area contributed by atoms with Gasteiger partial charge in [-0.05, 0) is 17.5 Å². The Morgan fingerprint density at radius 1 is 1.32 bits per heavy atom. The van der Waals surface area contributed by atoms with Crippen LogP contribution in [-0.2, 0) is 25.4 Å². The number of nitrogens with two attached hydrogens (primary N) is 1. The SMILES string of the molecule is CCCc1ccc(C=C[C@@H]2OC[C@H](C)[C@H](OC)[C@H]2OC(=O)CN)cc1. The van der Waals surface area contributed by atoms with Crippen LogP contribution in [0.5, 0.6) is 0 Å². The van der Waals surface area contributed by atoms with E-state index in [9.17, 15) is 4.79 Å². The quantitative estimate of drug-likeness (QED) is 0.768. The first-order chi connectivity index (χ1) is 12.1. The summed E-state index contributed by atoms with van der Waals surface area (Å²) in [6.45, 7) is 4.59. The van der Waals surface area contributed by atoms with Crippen molar-refractivity contribution in [1.82, 2.24) is 0 Å². The lowest BCUT2D eigenvalue weighted by molar-refractivity contribution is -0.189. The minimum absolute atomic E-state index is 0.138. The molecule has 4 atom stereocenters. The van der Waals surface area contributed by atoms with Gasteiger partial charge in [0.1, 0.15) is 12.2 Å². The first-order valence-corrected chi connectivity index (χ1v) is 8.90. The van der Waals surface area contributed by atoms with Gasteiger partial charge in [-0.15, -0.1) is 0 Å². The standard InChI is InChI=1S/C20H29NO4/c1-4-5-15-6-8-16(9-7-15)10-11-17-20(25-18(22)12-21)19(23-3)14(2)13-24-17/h6-11,14,17,19-20H,4-5,12-13,21H2,1-3H3/t14-,17-,19-,20-/m0/s1. The van der Waals surface area contributed by atoms with Crippen LogP contribution in [0, 0.1) is 5.92 Å². The number of carbonyl (C=O) groups is 1. The largest absolute Gasteiger partial charge is 0.455 e. The van der Waals surface area contributed by atoms with Gasteiger partial charge in [0.05, 0.1) is 13.2 Å². The topological polar surface area (TPSA) is 70.8 Å². The van der Waals surface area contributed by atoms with Crippen molar-refractivity contribution in [3.63, 3.8) is 0 Å². The van der Waals surface area contributed by atoms with Gasteiger partial charge >= 0.3 is 5.97 Å². The molecule has 5 nitrogen and oxygen atoms in total. The Morgan fingerprint density at radius 3 is 2.64 bits per heavy atom. The molecule has 2 N–H and O–H groups in total. The van der Waals surface area contributed by atoms with Crippen LogP contribution in [0.4, 0.5) is 0 Å². The molecule has 1 fully saturated rings. The summed E-state index contributed by atoms with van der Waals surface area (Å²) in [5.41, 5.74) is 7.80. The highest BCUT2D eigenvalue weighted by Gasteiger charge is 2.40. The van der Waals surface area contributed by atoms with Crippen molar-refractivity contribution in [2.24, 2.45) is 11.7 Å². The van der Waals surface area contributed by atoms with Crippen molar-refractivity contribution in [3.05, 3.63) is 41.5 Å². The molecule has 1 aliphatic rings. The van der Waals surface area contributed by atoms with Crippen molar-refractivity contribution in [1.29, 1.82) is 0 Å². The molecule has 25 heavy (non-hydrogen) atoms. The third kappa shape index (κ3) is 5.39. The van der Waals surface area contributed by atoms with E-state index in [1.165, 1.54) is 5.56 Å². The minimum atomic E-state index is -0.500. The van der Waals surface area contributed by atoms with E-state index in [0.717, 1.165) is 18.4 Å². The van der Waals surface area contributed by atoms with Crippen LogP contribution in [0.1, 0.15) is 31.4 Å². The zero-order valence-electron chi connectivity index (χ0n) is 15.3. The van der Waals surface area contributed by atoms with Gasteiger partial charge in [-0.1, -0.05) is 56.7 Å². The van der Waals surface area contributed by atoms with Crippen molar-refractivity contribution < 1.29 is 19.0 Å². The van der Waals surface area contributed by atoms with Gasteiger partial charge in [0, 0.05) is 13.0 Å². The van der Waals surface area contributed by atoms with Crippen molar-refractivity contribution in [2.45, 2.75) is 45.0 Å². The second-order valence-electron chi connectivity index (χ2n) is 6.48. The molecule has 5 heteroatoms. The molecule has 0 bridgehead atoms. The van der Waals surface area contributed by atoms with Gasteiger partial charge in [-0.25, -0.2) is 0 Å². The van der Waals surface area contributed by atoms with Crippen LogP contribution < -0.4 is 5.73 Å². The number of hydrogen-bond acceptors (Lipinski definition) is 5. The lowest BCUT2D eigenvalue weighted by Gasteiger charge is -2.39. The zero-order valence-corrected chi connectivity index (χ0v) is 15.3. The summed E-state index contributed by atoms with van der Waals surface area (Å²) in [5, 5.41) is 0. The Balaban J connectivity index is 2.11. The molecule has 0 saturated carbocycles. The van der Waals surface area contributed by atoms with E-state index < -0.39 is 12.1 Å².